The largest absolute Gasteiger partial charge is 2.00 e. The van der Waals surface area contributed by atoms with E-state index in [1.54, 1.807) is 37.3 Å². The van der Waals surface area contributed by atoms with E-state index in [1.165, 1.54) is 4.68 Å². The predicted octanol–water partition coefficient (Wildman–Crippen LogP) is 3.92. The SMILES string of the molecule is CCOC(=O)c1cc([C]2[CH][CH][CH][CH]2)nn1C[C@H]([O-])C[N-]c1cccc(Cl)c1.[CH]1[CH][CH][CH][CH]1.[Fe+2]. The minimum Gasteiger partial charge on any atom is -0.852 e. The first-order valence-corrected chi connectivity index (χ1v) is 10.7. The van der Waals surface area contributed by atoms with E-state index >= 15 is 0 Å². The third-order valence-electron chi connectivity index (χ3n) is 4.44. The van der Waals surface area contributed by atoms with Gasteiger partial charge in [-0.25, -0.2) is 4.79 Å². The summed E-state index contributed by atoms with van der Waals surface area (Å²) in [6, 6.07) is 8.65. The Labute approximate surface area is 212 Å². The van der Waals surface area contributed by atoms with E-state index in [1.807, 2.05) is 57.8 Å². The molecular weight excluding hydrogens is 482 g/mol. The number of hydrogen-bond acceptors (Lipinski definition) is 4. The quantitative estimate of drug-likeness (QED) is 0.402. The molecule has 1 atom stereocenters. The second-order valence-corrected chi connectivity index (χ2v) is 7.33. The third kappa shape index (κ3) is 8.97. The molecule has 0 saturated heterocycles. The maximum Gasteiger partial charge on any atom is 2.00 e. The van der Waals surface area contributed by atoms with Gasteiger partial charge in [0.1, 0.15) is 5.69 Å². The average molecular weight is 506 g/mol. The molecule has 10 radical (unpaired) electrons. The van der Waals surface area contributed by atoms with Gasteiger partial charge in [0.05, 0.1) is 12.3 Å². The first-order chi connectivity index (χ1) is 15.6. The Morgan fingerprint density at radius 1 is 1.12 bits per heavy atom. The van der Waals surface area contributed by atoms with Crippen LogP contribution in [0.25, 0.3) is 5.32 Å². The molecule has 0 spiro atoms. The predicted molar refractivity (Wildman–Crippen MR) is 122 cm³/mol. The van der Waals surface area contributed by atoms with Gasteiger partial charge in [0.2, 0.25) is 0 Å². The molecule has 0 aliphatic heterocycles. The van der Waals surface area contributed by atoms with Gasteiger partial charge >= 0.3 is 23.0 Å². The molecule has 8 heteroatoms. The molecule has 1 aromatic carbocycles. The summed E-state index contributed by atoms with van der Waals surface area (Å²) in [5, 5.41) is 21.7. The molecule has 2 aromatic rings. The summed E-state index contributed by atoms with van der Waals surface area (Å²) >= 11 is 5.92. The van der Waals surface area contributed by atoms with E-state index in [0.29, 0.717) is 16.4 Å². The third-order valence-corrected chi connectivity index (χ3v) is 4.68. The smallest absolute Gasteiger partial charge is 0.852 e. The normalized spacial score (nSPS) is 16.5. The molecule has 2 saturated carbocycles. The Hall–Kier alpha value is -1.53. The monoisotopic (exact) mass is 505 g/mol. The van der Waals surface area contributed by atoms with Crippen LogP contribution in [-0.4, -0.2) is 35.0 Å². The Balaban J connectivity index is 0.000000568. The van der Waals surface area contributed by atoms with Crippen molar-refractivity contribution < 1.29 is 31.7 Å². The standard InChI is InChI=1S/C20H19ClN3O3.C5H5.Fe/c1-2-27-20(26)19-11-18(14-6-3-4-7-14)23-24(19)13-17(25)12-22-16-9-5-8-15(21)10-16;1-2-4-5-3-1;/h3-11,17H,2,12-13H2,1H3;1-5H;/q-2;;+2/t17-;;/m1../s1. The molecule has 1 heterocycles. The van der Waals surface area contributed by atoms with Crippen LogP contribution in [0.1, 0.15) is 23.1 Å². The fourth-order valence-corrected chi connectivity index (χ4v) is 3.15. The zero-order chi connectivity index (χ0) is 22.8. The number of carbonyl (C=O) groups excluding carboxylic acids is 1. The van der Waals surface area contributed by atoms with Gasteiger partial charge < -0.3 is 15.2 Å². The van der Waals surface area contributed by atoms with Crippen molar-refractivity contribution in [3.8, 4) is 0 Å². The van der Waals surface area contributed by atoms with Crippen molar-refractivity contribution in [1.82, 2.24) is 9.78 Å². The van der Waals surface area contributed by atoms with Crippen LogP contribution in [0, 0.1) is 63.7 Å². The van der Waals surface area contributed by atoms with E-state index in [-0.39, 0.29) is 42.5 Å². The van der Waals surface area contributed by atoms with Crippen molar-refractivity contribution in [3.05, 3.63) is 116 Å². The van der Waals surface area contributed by atoms with Gasteiger partial charge in [-0.3, -0.25) is 4.68 Å². The fraction of sp³-hybridized carbons (Fsp3) is 0.200. The molecule has 2 aliphatic rings. The summed E-state index contributed by atoms with van der Waals surface area (Å²) < 4.78 is 6.49. The Bertz CT molecular complexity index is 844. The van der Waals surface area contributed by atoms with Gasteiger partial charge in [-0.1, -0.05) is 29.8 Å². The van der Waals surface area contributed by atoms with Gasteiger partial charge in [-0.05, 0) is 76.8 Å². The van der Waals surface area contributed by atoms with Gasteiger partial charge in [0.15, 0.2) is 0 Å². The van der Waals surface area contributed by atoms with E-state index in [4.69, 9.17) is 16.3 Å². The second kappa shape index (κ2) is 14.7. The van der Waals surface area contributed by atoms with Crippen molar-refractivity contribution in [2.24, 2.45) is 0 Å². The van der Waals surface area contributed by atoms with Crippen LogP contribution < -0.4 is 5.11 Å². The minimum atomic E-state index is -1.07. The molecule has 2 aliphatic carbocycles. The van der Waals surface area contributed by atoms with Crippen LogP contribution in [0.3, 0.4) is 0 Å². The number of esters is 1. The van der Waals surface area contributed by atoms with Crippen LogP contribution >= 0.6 is 11.6 Å². The summed E-state index contributed by atoms with van der Waals surface area (Å²) in [5.74, 6) is 0.382. The van der Waals surface area contributed by atoms with Gasteiger partial charge in [0.25, 0.3) is 0 Å². The van der Waals surface area contributed by atoms with Crippen LogP contribution in [0.15, 0.2) is 30.3 Å². The summed E-state index contributed by atoms with van der Waals surface area (Å²) in [6.45, 7) is 2.05. The number of halogens is 1. The number of aromatic nitrogens is 2. The number of rotatable bonds is 8. The molecule has 0 amide bonds. The molecule has 0 bridgehead atoms. The number of benzene rings is 1. The van der Waals surface area contributed by atoms with Crippen molar-refractivity contribution >= 4 is 23.3 Å². The van der Waals surface area contributed by atoms with Crippen LogP contribution in [0.5, 0.6) is 0 Å². The zero-order valence-electron chi connectivity index (χ0n) is 18.1. The number of hydrogen-bond donors (Lipinski definition) is 0. The average Bonchev–Trinajstić information content (AvgIpc) is 3.56. The van der Waals surface area contributed by atoms with Crippen LogP contribution in [0.2, 0.25) is 5.02 Å². The van der Waals surface area contributed by atoms with E-state index < -0.39 is 12.1 Å². The summed E-state index contributed by atoms with van der Waals surface area (Å²) in [6.07, 6.45) is 16.5. The number of ether oxygens (including phenoxy) is 1. The maximum absolute atomic E-state index is 12.4. The van der Waals surface area contributed by atoms with Gasteiger partial charge in [0, 0.05) is 17.5 Å². The summed E-state index contributed by atoms with van der Waals surface area (Å²) in [7, 11) is 0. The molecule has 0 unspecified atom stereocenters. The Morgan fingerprint density at radius 2 is 1.79 bits per heavy atom. The van der Waals surface area contributed by atoms with Crippen LogP contribution in [0.4, 0.5) is 5.69 Å². The van der Waals surface area contributed by atoms with Crippen LogP contribution in [-0.2, 0) is 28.4 Å². The summed E-state index contributed by atoms with van der Waals surface area (Å²) in [5.41, 5.74) is 1.53. The molecule has 4 rings (SSSR count). The maximum atomic E-state index is 12.4. The molecule has 33 heavy (non-hydrogen) atoms. The molecule has 2 fully saturated rings. The van der Waals surface area contributed by atoms with Crippen molar-refractivity contribution in [2.45, 2.75) is 19.6 Å². The first-order valence-electron chi connectivity index (χ1n) is 10.3. The first kappa shape index (κ1) is 27.7. The Kier molecular flexibility index (Phi) is 12.3. The van der Waals surface area contributed by atoms with E-state index in [0.717, 1.165) is 5.92 Å². The van der Waals surface area contributed by atoms with Crippen molar-refractivity contribution in [1.29, 1.82) is 0 Å². The minimum absolute atomic E-state index is 0. The Morgan fingerprint density at radius 3 is 2.39 bits per heavy atom. The van der Waals surface area contributed by atoms with Gasteiger partial charge in [-0.15, -0.1) is 18.3 Å². The van der Waals surface area contributed by atoms with Crippen molar-refractivity contribution in [3.63, 3.8) is 0 Å². The number of carbonyl (C=O) groups is 1. The molecular formula is C25H24ClFeN3O3. The summed E-state index contributed by atoms with van der Waals surface area (Å²) in [4.78, 5) is 12.2. The van der Waals surface area contributed by atoms with Gasteiger partial charge in [-0.2, -0.15) is 5.10 Å². The van der Waals surface area contributed by atoms with E-state index in [9.17, 15) is 9.90 Å². The fourth-order valence-electron chi connectivity index (χ4n) is 2.96. The molecule has 1 aromatic heterocycles. The number of nitrogens with zero attached hydrogens (tertiary/aromatic N) is 3. The second-order valence-electron chi connectivity index (χ2n) is 6.90. The zero-order valence-corrected chi connectivity index (χ0v) is 19.9. The molecule has 172 valence electrons. The molecule has 6 nitrogen and oxygen atoms in total. The van der Waals surface area contributed by atoms with E-state index in [2.05, 4.69) is 10.4 Å². The topological polar surface area (TPSA) is 81.3 Å². The van der Waals surface area contributed by atoms with Crippen molar-refractivity contribution in [2.75, 3.05) is 13.2 Å². The molecule has 0 N–H and O–H groups in total.